The molecule has 0 amide bonds. The summed E-state index contributed by atoms with van der Waals surface area (Å²) in [7, 11) is 0. The molecule has 0 saturated heterocycles. The zero-order valence-corrected chi connectivity index (χ0v) is 15.5. The number of alkyl halides is 17. The van der Waals surface area contributed by atoms with Gasteiger partial charge in [0.15, 0.2) is 0 Å². The summed E-state index contributed by atoms with van der Waals surface area (Å²) < 4.78 is 232. The Bertz CT molecular complexity index is 625. The van der Waals surface area contributed by atoms with Crippen LogP contribution in [0.15, 0.2) is 0 Å². The molecule has 0 fully saturated rings. The second-order valence-electron chi connectivity index (χ2n) is 4.71. The third-order valence-corrected chi connectivity index (χ3v) is 3.61. The van der Waals surface area contributed by atoms with Gasteiger partial charge in [0.05, 0.1) is 0 Å². The van der Waals surface area contributed by atoms with Crippen LogP contribution in [0.3, 0.4) is 0 Å². The molecule has 2 nitrogen and oxygen atoms in total. The molecule has 0 aliphatic heterocycles. The number of halogens is 17. The van der Waals surface area contributed by atoms with Crippen molar-refractivity contribution in [3.05, 3.63) is 0 Å². The molecular weight excluding hydrogens is 506 g/mol. The molecule has 0 aliphatic carbocycles. The van der Waals surface area contributed by atoms with Crippen molar-refractivity contribution >= 4 is 40.6 Å². The van der Waals surface area contributed by atoms with Crippen molar-refractivity contribution in [2.24, 2.45) is 0 Å². The minimum Gasteiger partial charge on any atom is -0.301 e. The van der Waals surface area contributed by atoms with Crippen molar-refractivity contribution in [2.45, 2.75) is 47.0 Å². The number of hydrogen-bond acceptors (Lipinski definition) is 1. The predicted octanol–water partition coefficient (Wildman–Crippen LogP) is 4.79. The van der Waals surface area contributed by atoms with E-state index < -0.39 is 58.0 Å². The minimum atomic E-state index is -8.75. The molecule has 171 valence electrons. The maximum Gasteiger partial charge on any atom is 0.460 e. The van der Waals surface area contributed by atoms with Crippen LogP contribution in [-0.4, -0.2) is 85.3 Å². The van der Waals surface area contributed by atoms with E-state index in [2.05, 4.69) is 0 Å². The maximum absolute atomic E-state index is 13.0. The first-order chi connectivity index (χ1) is 11.7. The quantitative estimate of drug-likeness (QED) is 0.306. The summed E-state index contributed by atoms with van der Waals surface area (Å²) in [6.07, 6.45) is -7.83. The van der Waals surface area contributed by atoms with Crippen LogP contribution < -0.4 is 0 Å². The fourth-order valence-corrected chi connectivity index (χ4v) is 1.61. The molecule has 1 atom stereocenters. The second-order valence-corrected chi connectivity index (χ2v) is 5.72. The fraction of sp³-hybridized carbons (Fsp3) is 1.00. The first-order valence-corrected chi connectivity index (χ1v) is 6.62. The van der Waals surface area contributed by atoms with Crippen LogP contribution in [0.1, 0.15) is 0 Å². The zero-order valence-electron chi connectivity index (χ0n) is 12.7. The van der Waals surface area contributed by atoms with Gasteiger partial charge in [-0.2, -0.15) is 74.6 Å². The Kier molecular flexibility index (Phi) is 8.37. The van der Waals surface area contributed by atoms with Gasteiger partial charge in [0, 0.05) is 29.6 Å². The molecule has 1 radical (unpaired) electrons. The third-order valence-electron chi connectivity index (χ3n) is 2.91. The normalized spacial score (nSPS) is 17.0. The molecule has 0 heterocycles. The number of hydrogen-bond donors (Lipinski definition) is 1. The fourth-order valence-electron chi connectivity index (χ4n) is 1.26. The van der Waals surface area contributed by atoms with Crippen molar-refractivity contribution in [3.8, 4) is 0 Å². The van der Waals surface area contributed by atoms with Crippen molar-refractivity contribution in [1.29, 1.82) is 0 Å². The van der Waals surface area contributed by atoms with Gasteiger partial charge in [0.25, 0.3) is 0 Å². The van der Waals surface area contributed by atoms with Gasteiger partial charge in [-0.25, -0.2) is 4.21 Å². The van der Waals surface area contributed by atoms with Gasteiger partial charge in [-0.05, 0) is 0 Å². The van der Waals surface area contributed by atoms with Gasteiger partial charge in [-0.15, -0.1) is 0 Å². The predicted molar refractivity (Wildman–Crippen MR) is 57.2 cm³/mol. The number of rotatable bonds is 7. The summed E-state index contributed by atoms with van der Waals surface area (Å²) in [6.45, 7) is 0. The van der Waals surface area contributed by atoms with Crippen LogP contribution in [0.5, 0.6) is 0 Å². The first-order valence-electron chi connectivity index (χ1n) is 5.52. The average Bonchev–Trinajstić information content (AvgIpc) is 2.44. The van der Waals surface area contributed by atoms with Crippen LogP contribution in [0.2, 0.25) is 0 Å². The molecule has 0 aromatic heterocycles. The summed E-state index contributed by atoms with van der Waals surface area (Å²) in [5.74, 6) is -51.0. The molecule has 0 saturated carbocycles. The van der Waals surface area contributed by atoms with Crippen LogP contribution >= 0.6 is 0 Å². The monoisotopic (exact) mass is 507 g/mol. The Morgan fingerprint density at radius 1 is 0.448 bits per heavy atom. The molecule has 1 N–H and O–H groups in total. The average molecular weight is 507 g/mol. The Labute approximate surface area is 171 Å². The molecule has 0 aliphatic rings. The third kappa shape index (κ3) is 3.95. The summed E-state index contributed by atoms with van der Waals surface area (Å²) in [6, 6.07) is 0. The van der Waals surface area contributed by atoms with Crippen molar-refractivity contribution in [1.82, 2.24) is 0 Å². The second kappa shape index (κ2) is 7.80. The standard InChI is InChI=1S/C8HF17O2S.Na/c9-1(10,3(13,14)5(17,18)7(21,22)23)2(11,12)4(15,16)6(19,20)8(24,25)28(26)27;/h(H,26,27);. The Hall–Kier alpha value is -0.0800. The topological polar surface area (TPSA) is 37.3 Å². The Morgan fingerprint density at radius 3 is 0.862 bits per heavy atom. The van der Waals surface area contributed by atoms with Crippen LogP contribution in [0, 0.1) is 0 Å². The first kappa shape index (κ1) is 31.1. The van der Waals surface area contributed by atoms with Gasteiger partial charge in [-0.1, -0.05) is 0 Å². The van der Waals surface area contributed by atoms with E-state index >= 15 is 0 Å². The Morgan fingerprint density at radius 2 is 0.655 bits per heavy atom. The van der Waals surface area contributed by atoms with E-state index in [1.54, 1.807) is 0 Å². The van der Waals surface area contributed by atoms with Crippen molar-refractivity contribution < 1.29 is 83.4 Å². The SMILES string of the molecule is O=S(O)C(F)(F)C(F)(F)C(F)(F)C(F)(F)C(F)(F)C(F)(F)C(F)(F)C(F)(F)F.[Na]. The Balaban J connectivity index is 0. The van der Waals surface area contributed by atoms with Gasteiger partial charge >= 0.3 is 47.0 Å². The minimum absolute atomic E-state index is 0. The molecular formula is C8HF17NaO2S. The van der Waals surface area contributed by atoms with Crippen molar-refractivity contribution in [3.63, 3.8) is 0 Å². The zero-order chi connectivity index (χ0) is 23.6. The van der Waals surface area contributed by atoms with Crippen LogP contribution in [0.4, 0.5) is 74.6 Å². The van der Waals surface area contributed by atoms with E-state index in [0.29, 0.717) is 0 Å². The van der Waals surface area contributed by atoms with Crippen LogP contribution in [0.25, 0.3) is 0 Å². The summed E-state index contributed by atoms with van der Waals surface area (Å²) in [5.41, 5.74) is 0. The largest absolute Gasteiger partial charge is 0.460 e. The van der Waals surface area contributed by atoms with E-state index in [4.69, 9.17) is 4.55 Å². The summed E-state index contributed by atoms with van der Waals surface area (Å²) in [5, 5.41) is -7.28. The van der Waals surface area contributed by atoms with E-state index in [-0.39, 0.29) is 29.6 Å². The maximum atomic E-state index is 13.0. The van der Waals surface area contributed by atoms with Gasteiger partial charge in [0.2, 0.25) is 11.1 Å². The molecule has 29 heavy (non-hydrogen) atoms. The van der Waals surface area contributed by atoms with Gasteiger partial charge in [-0.3, -0.25) is 0 Å². The molecule has 0 aromatic carbocycles. The summed E-state index contributed by atoms with van der Waals surface area (Å²) >= 11 is -5.56. The van der Waals surface area contributed by atoms with Gasteiger partial charge in [0.1, 0.15) is 0 Å². The van der Waals surface area contributed by atoms with Crippen LogP contribution in [-0.2, 0) is 11.1 Å². The van der Waals surface area contributed by atoms with E-state index in [1.165, 1.54) is 0 Å². The molecule has 1 unspecified atom stereocenters. The molecule has 0 bridgehead atoms. The molecule has 0 rings (SSSR count). The van der Waals surface area contributed by atoms with E-state index in [9.17, 15) is 78.8 Å². The smallest absolute Gasteiger partial charge is 0.301 e. The molecule has 0 aromatic rings. The van der Waals surface area contributed by atoms with E-state index in [0.717, 1.165) is 0 Å². The molecule has 0 spiro atoms. The van der Waals surface area contributed by atoms with Gasteiger partial charge < -0.3 is 4.55 Å². The summed E-state index contributed by atoms with van der Waals surface area (Å²) in [4.78, 5) is 0. The van der Waals surface area contributed by atoms with E-state index in [1.807, 2.05) is 0 Å². The molecule has 21 heteroatoms. The van der Waals surface area contributed by atoms with Crippen molar-refractivity contribution in [2.75, 3.05) is 0 Å².